The fourth-order valence-electron chi connectivity index (χ4n) is 1.38. The Morgan fingerprint density at radius 1 is 1.20 bits per heavy atom. The van der Waals surface area contributed by atoms with Crippen LogP contribution in [0.4, 0.5) is 8.78 Å². The third kappa shape index (κ3) is 2.75. The minimum atomic E-state index is -2.74. The molecule has 0 saturated carbocycles. The standard InChI is InChI=1S/C12H17F2N/c1-9(2)12(13,14)11-6-4-10(5-7-11)8-15-3/h4-7,9,15H,8H2,1-3H3. The molecule has 0 amide bonds. The van der Waals surface area contributed by atoms with E-state index in [1.54, 1.807) is 12.1 Å². The third-order valence-electron chi connectivity index (χ3n) is 2.44. The molecule has 0 heterocycles. The molecular weight excluding hydrogens is 196 g/mol. The fraction of sp³-hybridized carbons (Fsp3) is 0.500. The summed E-state index contributed by atoms with van der Waals surface area (Å²) in [7, 11) is 1.83. The third-order valence-corrected chi connectivity index (χ3v) is 2.44. The molecule has 1 aromatic carbocycles. The van der Waals surface area contributed by atoms with Crippen LogP contribution in [-0.4, -0.2) is 7.05 Å². The van der Waals surface area contributed by atoms with Crippen LogP contribution in [0.25, 0.3) is 0 Å². The van der Waals surface area contributed by atoms with Crippen LogP contribution in [0.15, 0.2) is 24.3 Å². The van der Waals surface area contributed by atoms with Crippen LogP contribution in [0.5, 0.6) is 0 Å². The number of rotatable bonds is 4. The average molecular weight is 213 g/mol. The van der Waals surface area contributed by atoms with Crippen molar-refractivity contribution >= 4 is 0 Å². The van der Waals surface area contributed by atoms with Crippen molar-refractivity contribution in [1.29, 1.82) is 0 Å². The summed E-state index contributed by atoms with van der Waals surface area (Å²) < 4.78 is 27.2. The molecule has 3 heteroatoms. The predicted octanol–water partition coefficient (Wildman–Crippen LogP) is 3.15. The Bertz CT molecular complexity index is 304. The van der Waals surface area contributed by atoms with Gasteiger partial charge < -0.3 is 5.32 Å². The Labute approximate surface area is 89.5 Å². The zero-order chi connectivity index (χ0) is 11.5. The second kappa shape index (κ2) is 4.71. The van der Waals surface area contributed by atoms with Crippen molar-refractivity contribution in [2.45, 2.75) is 26.3 Å². The second-order valence-corrected chi connectivity index (χ2v) is 4.00. The maximum absolute atomic E-state index is 13.6. The summed E-state index contributed by atoms with van der Waals surface area (Å²) in [5.41, 5.74) is 1.11. The highest BCUT2D eigenvalue weighted by molar-refractivity contribution is 5.26. The topological polar surface area (TPSA) is 12.0 Å². The minimum absolute atomic E-state index is 0.0948. The summed E-state index contributed by atoms with van der Waals surface area (Å²) in [5.74, 6) is -3.41. The average Bonchev–Trinajstić information content (AvgIpc) is 2.19. The van der Waals surface area contributed by atoms with Gasteiger partial charge in [0.2, 0.25) is 0 Å². The molecule has 84 valence electrons. The molecule has 0 aromatic heterocycles. The normalized spacial score (nSPS) is 12.1. The molecule has 0 aliphatic carbocycles. The van der Waals surface area contributed by atoms with Gasteiger partial charge in [0.25, 0.3) is 5.92 Å². The number of nitrogens with one attached hydrogen (secondary N) is 1. The highest BCUT2D eigenvalue weighted by Gasteiger charge is 2.35. The SMILES string of the molecule is CNCc1ccc(C(F)(F)C(C)C)cc1. The number of benzene rings is 1. The molecule has 0 spiro atoms. The van der Waals surface area contributed by atoms with Crippen LogP contribution in [0.3, 0.4) is 0 Å². The van der Waals surface area contributed by atoms with E-state index in [-0.39, 0.29) is 5.56 Å². The number of hydrogen-bond acceptors (Lipinski definition) is 1. The summed E-state index contributed by atoms with van der Waals surface area (Å²) in [6, 6.07) is 6.49. The highest BCUT2D eigenvalue weighted by Crippen LogP contribution is 2.35. The smallest absolute Gasteiger partial charge is 0.275 e. The zero-order valence-corrected chi connectivity index (χ0v) is 9.35. The summed E-state index contributed by atoms with van der Waals surface area (Å²) in [6.07, 6.45) is 0. The van der Waals surface area contributed by atoms with Crippen LogP contribution in [0.1, 0.15) is 25.0 Å². The van der Waals surface area contributed by atoms with E-state index in [1.807, 2.05) is 7.05 Å². The summed E-state index contributed by atoms with van der Waals surface area (Å²) in [6.45, 7) is 3.76. The van der Waals surface area contributed by atoms with E-state index < -0.39 is 11.8 Å². The first-order valence-corrected chi connectivity index (χ1v) is 5.10. The number of halogens is 2. The van der Waals surface area contributed by atoms with Gasteiger partial charge >= 0.3 is 0 Å². The van der Waals surface area contributed by atoms with Gasteiger partial charge in [0.05, 0.1) is 0 Å². The van der Waals surface area contributed by atoms with Gasteiger partial charge in [-0.1, -0.05) is 38.1 Å². The maximum Gasteiger partial charge on any atom is 0.275 e. The number of alkyl halides is 2. The Morgan fingerprint density at radius 3 is 2.13 bits per heavy atom. The minimum Gasteiger partial charge on any atom is -0.316 e. The lowest BCUT2D eigenvalue weighted by molar-refractivity contribution is -0.0513. The van der Waals surface area contributed by atoms with Crippen molar-refractivity contribution in [3.05, 3.63) is 35.4 Å². The van der Waals surface area contributed by atoms with Gasteiger partial charge in [-0.2, -0.15) is 0 Å². The molecule has 0 atom stereocenters. The largest absolute Gasteiger partial charge is 0.316 e. The molecule has 0 fully saturated rings. The number of hydrogen-bond donors (Lipinski definition) is 1. The lowest BCUT2D eigenvalue weighted by Gasteiger charge is -2.20. The van der Waals surface area contributed by atoms with E-state index in [9.17, 15) is 8.78 Å². The quantitative estimate of drug-likeness (QED) is 0.810. The molecule has 1 N–H and O–H groups in total. The molecule has 1 aromatic rings. The maximum atomic E-state index is 13.6. The molecule has 0 unspecified atom stereocenters. The van der Waals surface area contributed by atoms with Gasteiger partial charge in [-0.15, -0.1) is 0 Å². The molecule has 0 radical (unpaired) electrons. The predicted molar refractivity (Wildman–Crippen MR) is 57.9 cm³/mol. The fourth-order valence-corrected chi connectivity index (χ4v) is 1.38. The molecule has 0 aliphatic heterocycles. The monoisotopic (exact) mass is 213 g/mol. The van der Waals surface area contributed by atoms with E-state index in [0.29, 0.717) is 6.54 Å². The van der Waals surface area contributed by atoms with Crippen molar-refractivity contribution in [1.82, 2.24) is 5.32 Å². The van der Waals surface area contributed by atoms with Crippen molar-refractivity contribution in [2.75, 3.05) is 7.05 Å². The van der Waals surface area contributed by atoms with Crippen LogP contribution >= 0.6 is 0 Å². The molecule has 15 heavy (non-hydrogen) atoms. The van der Waals surface area contributed by atoms with Gasteiger partial charge in [-0.3, -0.25) is 0 Å². The van der Waals surface area contributed by atoms with Crippen LogP contribution in [0, 0.1) is 5.92 Å². The summed E-state index contributed by atoms with van der Waals surface area (Å²) >= 11 is 0. The highest BCUT2D eigenvalue weighted by atomic mass is 19.3. The van der Waals surface area contributed by atoms with Crippen molar-refractivity contribution in [3.63, 3.8) is 0 Å². The van der Waals surface area contributed by atoms with Crippen LogP contribution in [0.2, 0.25) is 0 Å². The Morgan fingerprint density at radius 2 is 1.73 bits per heavy atom. The lowest BCUT2D eigenvalue weighted by atomic mass is 9.97. The van der Waals surface area contributed by atoms with Crippen molar-refractivity contribution in [3.8, 4) is 0 Å². The van der Waals surface area contributed by atoms with Gasteiger partial charge in [-0.25, -0.2) is 8.78 Å². The molecular formula is C12H17F2N. The van der Waals surface area contributed by atoms with E-state index in [1.165, 1.54) is 26.0 Å². The molecule has 0 aliphatic rings. The Kier molecular flexibility index (Phi) is 3.80. The Hall–Kier alpha value is -0.960. The first kappa shape index (κ1) is 12.1. The Balaban J connectivity index is 2.88. The molecule has 1 rings (SSSR count). The van der Waals surface area contributed by atoms with Crippen LogP contribution < -0.4 is 5.32 Å². The van der Waals surface area contributed by atoms with E-state index in [0.717, 1.165) is 5.56 Å². The van der Waals surface area contributed by atoms with Gasteiger partial charge in [-0.05, 0) is 12.6 Å². The van der Waals surface area contributed by atoms with Gasteiger partial charge in [0.15, 0.2) is 0 Å². The zero-order valence-electron chi connectivity index (χ0n) is 9.35. The summed E-state index contributed by atoms with van der Waals surface area (Å²) in [5, 5.41) is 2.98. The lowest BCUT2D eigenvalue weighted by Crippen LogP contribution is -2.20. The van der Waals surface area contributed by atoms with E-state index >= 15 is 0 Å². The first-order valence-electron chi connectivity index (χ1n) is 5.10. The van der Waals surface area contributed by atoms with Gasteiger partial charge in [0, 0.05) is 18.0 Å². The van der Waals surface area contributed by atoms with Gasteiger partial charge in [0.1, 0.15) is 0 Å². The second-order valence-electron chi connectivity index (χ2n) is 4.00. The van der Waals surface area contributed by atoms with Crippen molar-refractivity contribution in [2.24, 2.45) is 5.92 Å². The first-order chi connectivity index (χ1) is 6.98. The molecule has 0 bridgehead atoms. The van der Waals surface area contributed by atoms with Crippen molar-refractivity contribution < 1.29 is 8.78 Å². The van der Waals surface area contributed by atoms with E-state index in [4.69, 9.17) is 0 Å². The van der Waals surface area contributed by atoms with E-state index in [2.05, 4.69) is 5.32 Å². The molecule has 0 saturated heterocycles. The molecule has 1 nitrogen and oxygen atoms in total. The van der Waals surface area contributed by atoms with Crippen LogP contribution in [-0.2, 0) is 12.5 Å². The summed E-state index contributed by atoms with van der Waals surface area (Å²) in [4.78, 5) is 0.